The van der Waals surface area contributed by atoms with Gasteiger partial charge in [-0.15, -0.1) is 0 Å². The molecule has 0 N–H and O–H groups in total. The summed E-state index contributed by atoms with van der Waals surface area (Å²) < 4.78 is 0. The van der Waals surface area contributed by atoms with Crippen molar-refractivity contribution in [3.63, 3.8) is 0 Å². The monoisotopic (exact) mass is 322 g/mol. The van der Waals surface area contributed by atoms with Gasteiger partial charge in [0, 0.05) is 10.7 Å². The molecule has 1 heterocycles. The van der Waals surface area contributed by atoms with Crippen molar-refractivity contribution in [1.82, 2.24) is 9.97 Å². The Morgan fingerprint density at radius 2 is 1.55 bits per heavy atom. The minimum atomic E-state index is 0.790. The molecule has 0 amide bonds. The molecule has 0 aliphatic carbocycles. The number of hydrogen-bond donors (Lipinski definition) is 0. The smallest absolute Gasteiger partial charge is 0.0972 e. The van der Waals surface area contributed by atoms with Gasteiger partial charge in [-0.25, -0.2) is 9.97 Å². The lowest BCUT2D eigenvalue weighted by atomic mass is 10.1. The van der Waals surface area contributed by atoms with E-state index in [4.69, 9.17) is 9.97 Å². The summed E-state index contributed by atoms with van der Waals surface area (Å²) >= 11 is 3.51. The Morgan fingerprint density at radius 3 is 2.45 bits per heavy atom. The van der Waals surface area contributed by atoms with Gasteiger partial charge in [-0.05, 0) is 23.1 Å². The molecule has 0 aliphatic heterocycles. The molecule has 3 aromatic carbocycles. The van der Waals surface area contributed by atoms with Crippen LogP contribution < -0.4 is 0 Å². The van der Waals surface area contributed by atoms with E-state index in [2.05, 4.69) is 46.3 Å². The summed E-state index contributed by atoms with van der Waals surface area (Å²) in [5.41, 5.74) is 5.02. The van der Waals surface area contributed by atoms with Crippen LogP contribution in [0.1, 0.15) is 5.56 Å². The van der Waals surface area contributed by atoms with Crippen molar-refractivity contribution < 1.29 is 0 Å². The van der Waals surface area contributed by atoms with Gasteiger partial charge in [-0.1, -0.05) is 58.4 Å². The van der Waals surface area contributed by atoms with Gasteiger partial charge in [0.1, 0.15) is 0 Å². The normalized spacial score (nSPS) is 11.4. The second-order valence-corrected chi connectivity index (χ2v) is 5.36. The number of rotatable bonds is 1. The number of para-hydroxylation sites is 1. The zero-order chi connectivity index (χ0) is 13.5. The van der Waals surface area contributed by atoms with E-state index in [1.165, 1.54) is 10.9 Å². The second kappa shape index (κ2) is 4.53. The van der Waals surface area contributed by atoms with Crippen LogP contribution in [0.5, 0.6) is 0 Å². The molecule has 0 fully saturated rings. The molecule has 0 unspecified atom stereocenters. The molecule has 3 heteroatoms. The molecule has 0 bridgehead atoms. The Balaban J connectivity index is 2.20. The number of nitrogens with zero attached hydrogens (tertiary/aromatic N) is 2. The van der Waals surface area contributed by atoms with E-state index >= 15 is 0 Å². The number of benzene rings is 3. The Labute approximate surface area is 124 Å². The third-order valence-corrected chi connectivity index (χ3v) is 4.19. The first-order chi connectivity index (χ1) is 9.86. The minimum absolute atomic E-state index is 0.790. The largest absolute Gasteiger partial charge is 0.244 e. The van der Waals surface area contributed by atoms with Gasteiger partial charge in [-0.2, -0.15) is 0 Å². The van der Waals surface area contributed by atoms with Crippen molar-refractivity contribution in [3.05, 3.63) is 60.2 Å². The van der Waals surface area contributed by atoms with Gasteiger partial charge in [0.15, 0.2) is 0 Å². The molecule has 20 heavy (non-hydrogen) atoms. The van der Waals surface area contributed by atoms with E-state index < -0.39 is 0 Å². The molecule has 1 aromatic heterocycles. The van der Waals surface area contributed by atoms with Gasteiger partial charge < -0.3 is 0 Å². The van der Waals surface area contributed by atoms with Crippen LogP contribution in [0.15, 0.2) is 54.6 Å². The van der Waals surface area contributed by atoms with Crippen LogP contribution in [0.25, 0.3) is 32.8 Å². The first kappa shape index (κ1) is 11.8. The SMILES string of the molecule is BrCc1cccc2nc3c(ccc4ccccc43)nc12. The number of aromatic nitrogens is 2. The van der Waals surface area contributed by atoms with Gasteiger partial charge >= 0.3 is 0 Å². The summed E-state index contributed by atoms with van der Waals surface area (Å²) in [6.45, 7) is 0. The fraction of sp³-hybridized carbons (Fsp3) is 0.0588. The Morgan fingerprint density at radius 1 is 0.750 bits per heavy atom. The van der Waals surface area contributed by atoms with Crippen molar-refractivity contribution in [1.29, 1.82) is 0 Å². The summed E-state index contributed by atoms with van der Waals surface area (Å²) in [7, 11) is 0. The molecule has 0 spiro atoms. The first-order valence-electron chi connectivity index (χ1n) is 6.50. The molecule has 4 aromatic rings. The predicted molar refractivity (Wildman–Crippen MR) is 87.2 cm³/mol. The Kier molecular flexibility index (Phi) is 2.67. The third-order valence-electron chi connectivity index (χ3n) is 3.59. The van der Waals surface area contributed by atoms with E-state index in [9.17, 15) is 0 Å². The maximum absolute atomic E-state index is 4.83. The zero-order valence-electron chi connectivity index (χ0n) is 10.7. The van der Waals surface area contributed by atoms with Crippen LogP contribution in [0.3, 0.4) is 0 Å². The highest BCUT2D eigenvalue weighted by Gasteiger charge is 2.07. The van der Waals surface area contributed by atoms with Crippen molar-refractivity contribution in [2.45, 2.75) is 5.33 Å². The Hall–Kier alpha value is -2.00. The van der Waals surface area contributed by atoms with Gasteiger partial charge in [-0.3, -0.25) is 0 Å². The highest BCUT2D eigenvalue weighted by Crippen LogP contribution is 2.26. The highest BCUT2D eigenvalue weighted by atomic mass is 79.9. The van der Waals surface area contributed by atoms with Crippen LogP contribution in [-0.4, -0.2) is 9.97 Å². The standard InChI is InChI=1S/C17H11BrN2/c18-10-12-5-3-7-14-16(12)19-15-9-8-11-4-1-2-6-13(11)17(15)20-14/h1-9H,10H2. The first-order valence-corrected chi connectivity index (χ1v) is 7.62. The number of fused-ring (bicyclic) bond motifs is 4. The minimum Gasteiger partial charge on any atom is -0.244 e. The van der Waals surface area contributed by atoms with E-state index in [0.29, 0.717) is 0 Å². The maximum Gasteiger partial charge on any atom is 0.0972 e. The number of alkyl halides is 1. The van der Waals surface area contributed by atoms with Crippen molar-refractivity contribution in [2.75, 3.05) is 0 Å². The van der Waals surface area contributed by atoms with Gasteiger partial charge in [0.25, 0.3) is 0 Å². The van der Waals surface area contributed by atoms with Crippen LogP contribution in [-0.2, 0) is 5.33 Å². The van der Waals surface area contributed by atoms with Crippen LogP contribution >= 0.6 is 15.9 Å². The van der Waals surface area contributed by atoms with Gasteiger partial charge in [0.2, 0.25) is 0 Å². The molecule has 0 aliphatic rings. The lowest BCUT2D eigenvalue weighted by Crippen LogP contribution is -1.92. The Bertz CT molecular complexity index is 947. The molecular formula is C17H11BrN2. The van der Waals surface area contributed by atoms with Gasteiger partial charge in [0.05, 0.1) is 22.1 Å². The summed E-state index contributed by atoms with van der Waals surface area (Å²) in [6.07, 6.45) is 0. The molecule has 0 atom stereocenters. The molecule has 4 rings (SSSR count). The average Bonchev–Trinajstić information content (AvgIpc) is 2.52. The average molecular weight is 323 g/mol. The van der Waals surface area contributed by atoms with Crippen molar-refractivity contribution in [2.24, 2.45) is 0 Å². The summed E-state index contributed by atoms with van der Waals surface area (Å²) in [6, 6.07) is 18.6. The molecule has 2 nitrogen and oxygen atoms in total. The lowest BCUT2D eigenvalue weighted by Gasteiger charge is -2.06. The quantitative estimate of drug-likeness (QED) is 0.285. The number of halogens is 1. The fourth-order valence-electron chi connectivity index (χ4n) is 2.60. The van der Waals surface area contributed by atoms with E-state index in [0.717, 1.165) is 32.8 Å². The summed E-state index contributed by atoms with van der Waals surface area (Å²) in [5.74, 6) is 0. The van der Waals surface area contributed by atoms with Crippen LogP contribution in [0.2, 0.25) is 0 Å². The summed E-state index contributed by atoms with van der Waals surface area (Å²) in [4.78, 5) is 9.64. The third kappa shape index (κ3) is 1.70. The van der Waals surface area contributed by atoms with E-state index in [-0.39, 0.29) is 0 Å². The molecule has 0 saturated heterocycles. The van der Waals surface area contributed by atoms with E-state index in [1.807, 2.05) is 24.3 Å². The van der Waals surface area contributed by atoms with E-state index in [1.54, 1.807) is 0 Å². The van der Waals surface area contributed by atoms with Crippen LogP contribution in [0, 0.1) is 0 Å². The number of hydrogen-bond acceptors (Lipinski definition) is 2. The lowest BCUT2D eigenvalue weighted by molar-refractivity contribution is 1.35. The fourth-order valence-corrected chi connectivity index (χ4v) is 3.05. The molecule has 0 radical (unpaired) electrons. The summed E-state index contributed by atoms with van der Waals surface area (Å²) in [5, 5.41) is 3.15. The molecular weight excluding hydrogens is 312 g/mol. The highest BCUT2D eigenvalue weighted by molar-refractivity contribution is 9.08. The van der Waals surface area contributed by atoms with Crippen LogP contribution in [0.4, 0.5) is 0 Å². The topological polar surface area (TPSA) is 25.8 Å². The predicted octanol–water partition coefficient (Wildman–Crippen LogP) is 4.83. The molecule has 96 valence electrons. The van der Waals surface area contributed by atoms with Crippen molar-refractivity contribution in [3.8, 4) is 0 Å². The second-order valence-electron chi connectivity index (χ2n) is 4.80. The van der Waals surface area contributed by atoms with Crippen molar-refractivity contribution >= 4 is 48.8 Å². The molecule has 0 saturated carbocycles. The zero-order valence-corrected chi connectivity index (χ0v) is 12.3. The maximum atomic E-state index is 4.83.